The van der Waals surface area contributed by atoms with Gasteiger partial charge in [-0.2, -0.15) is 0 Å². The number of nitrogens with one attached hydrogen (secondary N) is 1. The Morgan fingerprint density at radius 3 is 2.07 bits per heavy atom. The van der Waals surface area contributed by atoms with Crippen LogP contribution >= 0.6 is 0 Å². The molecule has 7 nitrogen and oxygen atoms in total. The zero-order valence-electron chi connectivity index (χ0n) is 25.4. The first-order valence-electron chi connectivity index (χ1n) is 14.5. The fourth-order valence-electron chi connectivity index (χ4n) is 4.91. The Kier molecular flexibility index (Phi) is 10.5. The van der Waals surface area contributed by atoms with Crippen LogP contribution in [0.5, 0.6) is 0 Å². The van der Waals surface area contributed by atoms with E-state index in [1.165, 1.54) is 35.2 Å². The number of hydrogen-bond donors (Lipinski definition) is 1. The minimum Gasteiger partial charge on any atom is -0.352 e. The molecular formula is C35H38FN3O4S. The number of para-hydroxylation sites is 1. The van der Waals surface area contributed by atoms with Crippen LogP contribution in [0, 0.1) is 19.7 Å². The van der Waals surface area contributed by atoms with Gasteiger partial charge in [-0.1, -0.05) is 84.4 Å². The molecule has 0 heterocycles. The number of benzene rings is 4. The van der Waals surface area contributed by atoms with Crippen LogP contribution in [0.2, 0.25) is 0 Å². The molecule has 4 rings (SSSR count). The number of aryl methyl sites for hydroxylation is 2. The van der Waals surface area contributed by atoms with E-state index in [0.29, 0.717) is 0 Å². The van der Waals surface area contributed by atoms with Gasteiger partial charge in [0.05, 0.1) is 10.6 Å². The van der Waals surface area contributed by atoms with Crippen LogP contribution in [0.3, 0.4) is 0 Å². The molecular weight excluding hydrogens is 577 g/mol. The fraction of sp³-hybridized carbons (Fsp3) is 0.257. The number of nitrogens with zero attached hydrogens (tertiary/aromatic N) is 2. The van der Waals surface area contributed by atoms with Crippen LogP contribution in [0.4, 0.5) is 10.1 Å². The molecule has 4 aromatic rings. The molecule has 0 fully saturated rings. The molecule has 44 heavy (non-hydrogen) atoms. The predicted molar refractivity (Wildman–Crippen MR) is 171 cm³/mol. The summed E-state index contributed by atoms with van der Waals surface area (Å²) in [6, 6.07) is 27.2. The van der Waals surface area contributed by atoms with E-state index in [1.54, 1.807) is 12.1 Å². The summed E-state index contributed by atoms with van der Waals surface area (Å²) >= 11 is 0. The Bertz CT molecular complexity index is 1690. The number of halogens is 1. The summed E-state index contributed by atoms with van der Waals surface area (Å²) in [5.74, 6) is -1.81. The lowest BCUT2D eigenvalue weighted by Crippen LogP contribution is -2.54. The van der Waals surface area contributed by atoms with Crippen molar-refractivity contribution >= 4 is 27.5 Å². The topological polar surface area (TPSA) is 86.8 Å². The highest BCUT2D eigenvalue weighted by Gasteiger charge is 2.35. The lowest BCUT2D eigenvalue weighted by atomic mass is 10.0. The zero-order valence-corrected chi connectivity index (χ0v) is 26.2. The van der Waals surface area contributed by atoms with E-state index in [9.17, 15) is 18.0 Å². The molecule has 0 bridgehead atoms. The Balaban J connectivity index is 1.82. The minimum atomic E-state index is -4.38. The van der Waals surface area contributed by atoms with Crippen molar-refractivity contribution in [2.45, 2.75) is 57.6 Å². The smallest absolute Gasteiger partial charge is 0.264 e. The van der Waals surface area contributed by atoms with Gasteiger partial charge in [-0.25, -0.2) is 12.8 Å². The van der Waals surface area contributed by atoms with Crippen LogP contribution in [-0.4, -0.2) is 43.8 Å². The highest BCUT2D eigenvalue weighted by Crippen LogP contribution is 2.27. The molecule has 0 aliphatic heterocycles. The number of rotatable bonds is 12. The highest BCUT2D eigenvalue weighted by molar-refractivity contribution is 7.92. The summed E-state index contributed by atoms with van der Waals surface area (Å²) in [5.41, 5.74) is 3.13. The average molecular weight is 616 g/mol. The summed E-state index contributed by atoms with van der Waals surface area (Å²) in [6.07, 6.45) is 0.196. The third-order valence-corrected chi connectivity index (χ3v) is 9.09. The molecule has 0 aliphatic carbocycles. The van der Waals surface area contributed by atoms with Crippen molar-refractivity contribution in [3.63, 3.8) is 0 Å². The van der Waals surface area contributed by atoms with Gasteiger partial charge in [0.2, 0.25) is 11.8 Å². The van der Waals surface area contributed by atoms with E-state index in [0.717, 1.165) is 32.6 Å². The number of sulfonamides is 1. The molecule has 0 spiro atoms. The molecule has 2 amide bonds. The Morgan fingerprint density at radius 1 is 0.818 bits per heavy atom. The molecule has 230 valence electrons. The number of anilines is 1. The van der Waals surface area contributed by atoms with Crippen molar-refractivity contribution in [2.24, 2.45) is 0 Å². The van der Waals surface area contributed by atoms with Crippen LogP contribution in [0.25, 0.3) is 0 Å². The Morgan fingerprint density at radius 2 is 1.43 bits per heavy atom. The van der Waals surface area contributed by atoms with Gasteiger partial charge in [-0.3, -0.25) is 13.9 Å². The SMILES string of the molecule is Cc1ccc(S(=O)(=O)N(CC(=O)N(Cc2ccccc2C)[C@H](Cc2ccccc2)C(=O)NC(C)C)c2ccccc2F)cc1. The van der Waals surface area contributed by atoms with Gasteiger partial charge in [-0.15, -0.1) is 0 Å². The van der Waals surface area contributed by atoms with Crippen molar-refractivity contribution in [3.8, 4) is 0 Å². The van der Waals surface area contributed by atoms with E-state index < -0.39 is 34.3 Å². The van der Waals surface area contributed by atoms with Crippen molar-refractivity contribution in [1.82, 2.24) is 10.2 Å². The molecule has 0 aromatic heterocycles. The highest BCUT2D eigenvalue weighted by atomic mass is 32.2. The molecule has 0 unspecified atom stereocenters. The maximum absolute atomic E-state index is 15.2. The summed E-state index contributed by atoms with van der Waals surface area (Å²) in [4.78, 5) is 29.5. The average Bonchev–Trinajstić information content (AvgIpc) is 2.99. The first-order chi connectivity index (χ1) is 21.0. The summed E-state index contributed by atoms with van der Waals surface area (Å²) < 4.78 is 44.0. The van der Waals surface area contributed by atoms with Crippen LogP contribution in [0.1, 0.15) is 36.1 Å². The second-order valence-corrected chi connectivity index (χ2v) is 13.0. The monoisotopic (exact) mass is 615 g/mol. The first kappa shape index (κ1) is 32.4. The predicted octanol–water partition coefficient (Wildman–Crippen LogP) is 5.80. The second kappa shape index (κ2) is 14.3. The molecule has 0 saturated heterocycles. The maximum Gasteiger partial charge on any atom is 0.264 e. The van der Waals surface area contributed by atoms with Crippen molar-refractivity contribution in [1.29, 1.82) is 0 Å². The van der Waals surface area contributed by atoms with Crippen LogP contribution in [0.15, 0.2) is 108 Å². The first-order valence-corrected chi connectivity index (χ1v) is 15.9. The van der Waals surface area contributed by atoms with Gasteiger partial charge in [0.25, 0.3) is 10.0 Å². The lowest BCUT2D eigenvalue weighted by molar-refractivity contribution is -0.140. The van der Waals surface area contributed by atoms with Crippen LogP contribution in [-0.2, 0) is 32.6 Å². The summed E-state index contributed by atoms with van der Waals surface area (Å²) in [6.45, 7) is 6.73. The molecule has 0 radical (unpaired) electrons. The van der Waals surface area contributed by atoms with Gasteiger partial charge in [0, 0.05) is 19.0 Å². The zero-order chi connectivity index (χ0) is 31.9. The van der Waals surface area contributed by atoms with Gasteiger partial charge in [0.15, 0.2) is 0 Å². The van der Waals surface area contributed by atoms with Crippen molar-refractivity contribution in [3.05, 3.63) is 131 Å². The lowest BCUT2D eigenvalue weighted by Gasteiger charge is -2.34. The third kappa shape index (κ3) is 7.90. The van der Waals surface area contributed by atoms with Gasteiger partial charge < -0.3 is 10.2 Å². The maximum atomic E-state index is 15.2. The quantitative estimate of drug-likeness (QED) is 0.218. The van der Waals surface area contributed by atoms with Crippen molar-refractivity contribution < 1.29 is 22.4 Å². The van der Waals surface area contributed by atoms with Crippen LogP contribution < -0.4 is 9.62 Å². The fourth-order valence-corrected chi connectivity index (χ4v) is 6.33. The number of amides is 2. The molecule has 9 heteroatoms. The van der Waals surface area contributed by atoms with E-state index in [-0.39, 0.29) is 35.5 Å². The molecule has 0 saturated carbocycles. The number of carbonyl (C=O) groups excluding carboxylic acids is 2. The summed E-state index contributed by atoms with van der Waals surface area (Å²) in [7, 11) is -4.38. The molecule has 0 aliphatic rings. The van der Waals surface area contributed by atoms with E-state index >= 15 is 4.39 Å². The Labute approximate surface area is 259 Å². The number of hydrogen-bond acceptors (Lipinski definition) is 4. The normalized spacial score (nSPS) is 12.0. The van der Waals surface area contributed by atoms with Gasteiger partial charge in [0.1, 0.15) is 18.4 Å². The number of carbonyl (C=O) groups is 2. The Hall–Kier alpha value is -4.50. The van der Waals surface area contributed by atoms with E-state index in [1.807, 2.05) is 82.3 Å². The van der Waals surface area contributed by atoms with E-state index in [4.69, 9.17) is 0 Å². The minimum absolute atomic E-state index is 0.0458. The molecule has 4 aromatic carbocycles. The van der Waals surface area contributed by atoms with Gasteiger partial charge in [-0.05, 0) is 68.7 Å². The van der Waals surface area contributed by atoms with Gasteiger partial charge >= 0.3 is 0 Å². The molecule has 1 N–H and O–H groups in total. The van der Waals surface area contributed by atoms with E-state index in [2.05, 4.69) is 5.32 Å². The summed E-state index contributed by atoms with van der Waals surface area (Å²) in [5, 5.41) is 2.93. The second-order valence-electron chi connectivity index (χ2n) is 11.1. The third-order valence-electron chi connectivity index (χ3n) is 7.31. The largest absolute Gasteiger partial charge is 0.352 e. The van der Waals surface area contributed by atoms with Crippen molar-refractivity contribution in [2.75, 3.05) is 10.8 Å². The molecule has 1 atom stereocenters. The standard InChI is InChI=1S/C35H38FN3O4S/c1-25(2)37-35(41)33(22-28-13-6-5-7-14-28)38(23-29-15-9-8-12-27(29)4)34(40)24-39(32-17-11-10-16-31(32)36)44(42,43)30-20-18-26(3)19-21-30/h5-21,25,33H,22-24H2,1-4H3,(H,37,41)/t33-/m1/s1.